The van der Waals surface area contributed by atoms with Crippen LogP contribution in [-0.2, 0) is 23.1 Å². The number of hydrogen-bond donors (Lipinski definition) is 2. The van der Waals surface area contributed by atoms with Gasteiger partial charge in [0.15, 0.2) is 5.16 Å². The van der Waals surface area contributed by atoms with E-state index in [-0.39, 0.29) is 24.0 Å². The van der Waals surface area contributed by atoms with Gasteiger partial charge >= 0.3 is 0 Å². The molecular weight excluding hydrogens is 446 g/mol. The molecule has 0 bridgehead atoms. The third-order valence-electron chi connectivity index (χ3n) is 4.89. The molecule has 2 N–H and O–H groups in total. The highest BCUT2D eigenvalue weighted by atomic mass is 35.5. The molecule has 0 spiro atoms. The minimum Gasteiger partial charge on any atom is -0.326 e. The Kier molecular flexibility index (Phi) is 7.93. The summed E-state index contributed by atoms with van der Waals surface area (Å²) < 4.78 is 1.72. The van der Waals surface area contributed by atoms with Crippen molar-refractivity contribution in [2.75, 3.05) is 16.4 Å². The van der Waals surface area contributed by atoms with Crippen LogP contribution in [0, 0.1) is 6.92 Å². The first-order valence-corrected chi connectivity index (χ1v) is 11.6. The van der Waals surface area contributed by atoms with Crippen LogP contribution in [0.3, 0.4) is 0 Å². The van der Waals surface area contributed by atoms with Crippen molar-refractivity contribution in [3.8, 4) is 0 Å². The highest BCUT2D eigenvalue weighted by molar-refractivity contribution is 7.99. The Morgan fingerprint density at radius 2 is 1.84 bits per heavy atom. The number of aryl methyl sites for hydroxylation is 1. The van der Waals surface area contributed by atoms with Gasteiger partial charge in [-0.2, -0.15) is 0 Å². The summed E-state index contributed by atoms with van der Waals surface area (Å²) in [6, 6.07) is 13.1. The van der Waals surface area contributed by atoms with E-state index in [1.807, 2.05) is 37.3 Å². The summed E-state index contributed by atoms with van der Waals surface area (Å²) in [5.41, 5.74) is 3.48. The predicted molar refractivity (Wildman–Crippen MR) is 129 cm³/mol. The number of para-hydroxylation sites is 1. The van der Waals surface area contributed by atoms with Crippen molar-refractivity contribution in [2.24, 2.45) is 7.05 Å². The van der Waals surface area contributed by atoms with Gasteiger partial charge in [-0.15, -0.1) is 10.2 Å². The van der Waals surface area contributed by atoms with Gasteiger partial charge in [0.2, 0.25) is 11.8 Å². The summed E-state index contributed by atoms with van der Waals surface area (Å²) >= 11 is 7.38. The Bertz CT molecular complexity index is 1130. The number of carbonyl (C=O) groups is 2. The first-order valence-electron chi connectivity index (χ1n) is 10.2. The summed E-state index contributed by atoms with van der Waals surface area (Å²) in [6.45, 7) is 6.07. The Balaban J connectivity index is 1.56. The van der Waals surface area contributed by atoms with Crippen molar-refractivity contribution in [1.82, 2.24) is 14.8 Å². The van der Waals surface area contributed by atoms with Gasteiger partial charge in [-0.3, -0.25) is 9.59 Å². The molecule has 3 rings (SSSR count). The lowest BCUT2D eigenvalue weighted by Gasteiger charge is -2.13. The number of anilines is 2. The molecule has 0 aliphatic rings. The third kappa shape index (κ3) is 6.11. The van der Waals surface area contributed by atoms with Gasteiger partial charge in [0, 0.05) is 23.4 Å². The minimum atomic E-state index is -0.222. The SMILES string of the molecule is Cc1ccc(NC(=O)Cc2nnc(SCC(=O)Nc3ccccc3C(C)C)n2C)cc1Cl. The second-order valence-electron chi connectivity index (χ2n) is 7.73. The van der Waals surface area contributed by atoms with E-state index >= 15 is 0 Å². The zero-order valence-electron chi connectivity index (χ0n) is 18.5. The molecule has 32 heavy (non-hydrogen) atoms. The molecule has 0 aliphatic carbocycles. The number of aromatic nitrogens is 3. The Morgan fingerprint density at radius 3 is 2.56 bits per heavy atom. The fourth-order valence-corrected chi connectivity index (χ4v) is 3.99. The third-order valence-corrected chi connectivity index (χ3v) is 6.32. The van der Waals surface area contributed by atoms with Crippen molar-refractivity contribution in [2.45, 2.75) is 38.3 Å². The van der Waals surface area contributed by atoms with E-state index < -0.39 is 0 Å². The highest BCUT2D eigenvalue weighted by Crippen LogP contribution is 2.24. The zero-order valence-corrected chi connectivity index (χ0v) is 20.0. The van der Waals surface area contributed by atoms with Crippen LogP contribution in [0.2, 0.25) is 5.02 Å². The Morgan fingerprint density at radius 1 is 1.09 bits per heavy atom. The number of nitrogens with zero attached hydrogens (tertiary/aromatic N) is 3. The van der Waals surface area contributed by atoms with Crippen LogP contribution in [0.5, 0.6) is 0 Å². The number of benzene rings is 2. The van der Waals surface area contributed by atoms with Gasteiger partial charge in [0.1, 0.15) is 5.82 Å². The van der Waals surface area contributed by atoms with E-state index in [9.17, 15) is 9.59 Å². The Hall–Kier alpha value is -2.84. The fourth-order valence-electron chi connectivity index (χ4n) is 3.07. The minimum absolute atomic E-state index is 0.0590. The van der Waals surface area contributed by atoms with E-state index in [4.69, 9.17) is 11.6 Å². The van der Waals surface area contributed by atoms with Crippen LogP contribution in [0.25, 0.3) is 0 Å². The molecule has 7 nitrogen and oxygen atoms in total. The summed E-state index contributed by atoms with van der Waals surface area (Å²) in [5, 5.41) is 15.2. The predicted octanol–water partition coefficient (Wildman–Crippen LogP) is 4.81. The molecule has 0 saturated carbocycles. The van der Waals surface area contributed by atoms with Crippen LogP contribution in [0.15, 0.2) is 47.6 Å². The maximum Gasteiger partial charge on any atom is 0.234 e. The highest BCUT2D eigenvalue weighted by Gasteiger charge is 2.16. The zero-order chi connectivity index (χ0) is 23.3. The molecule has 0 radical (unpaired) electrons. The van der Waals surface area contributed by atoms with E-state index in [0.717, 1.165) is 16.8 Å². The van der Waals surface area contributed by atoms with E-state index in [0.29, 0.717) is 27.6 Å². The van der Waals surface area contributed by atoms with Crippen molar-refractivity contribution in [3.63, 3.8) is 0 Å². The van der Waals surface area contributed by atoms with Crippen molar-refractivity contribution >= 4 is 46.6 Å². The van der Waals surface area contributed by atoms with Gasteiger partial charge < -0.3 is 15.2 Å². The lowest BCUT2D eigenvalue weighted by molar-refractivity contribution is -0.116. The second kappa shape index (κ2) is 10.7. The average Bonchev–Trinajstić information content (AvgIpc) is 3.08. The lowest BCUT2D eigenvalue weighted by atomic mass is 10.0. The van der Waals surface area contributed by atoms with Crippen molar-refractivity contribution in [1.29, 1.82) is 0 Å². The van der Waals surface area contributed by atoms with E-state index in [2.05, 4.69) is 34.7 Å². The van der Waals surface area contributed by atoms with Crippen LogP contribution in [0.4, 0.5) is 11.4 Å². The van der Waals surface area contributed by atoms with Crippen LogP contribution in [-0.4, -0.2) is 32.3 Å². The van der Waals surface area contributed by atoms with Crippen molar-refractivity contribution in [3.05, 3.63) is 64.4 Å². The number of thioether (sulfide) groups is 1. The van der Waals surface area contributed by atoms with Gasteiger partial charge in [-0.1, -0.05) is 61.5 Å². The van der Waals surface area contributed by atoms with Crippen LogP contribution in [0.1, 0.15) is 36.7 Å². The molecule has 1 heterocycles. The molecule has 0 unspecified atom stereocenters. The number of halogens is 1. The van der Waals surface area contributed by atoms with Gasteiger partial charge in [0.25, 0.3) is 0 Å². The van der Waals surface area contributed by atoms with Gasteiger partial charge in [0.05, 0.1) is 12.2 Å². The molecule has 1 aromatic heterocycles. The normalized spacial score (nSPS) is 10.9. The quantitative estimate of drug-likeness (QED) is 0.460. The van der Waals surface area contributed by atoms with Gasteiger partial charge in [-0.05, 0) is 42.2 Å². The molecule has 168 valence electrons. The number of hydrogen-bond acceptors (Lipinski definition) is 5. The molecule has 2 aromatic carbocycles. The maximum atomic E-state index is 12.4. The summed E-state index contributed by atoms with van der Waals surface area (Å²) in [4.78, 5) is 24.8. The second-order valence-corrected chi connectivity index (χ2v) is 9.08. The smallest absolute Gasteiger partial charge is 0.234 e. The number of carbonyl (C=O) groups excluding carboxylic acids is 2. The molecular formula is C23H26ClN5O2S. The number of nitrogens with one attached hydrogen (secondary N) is 2. The maximum absolute atomic E-state index is 12.4. The number of rotatable bonds is 8. The first-order chi connectivity index (χ1) is 15.2. The topological polar surface area (TPSA) is 88.9 Å². The molecule has 0 aliphatic heterocycles. The molecule has 9 heteroatoms. The summed E-state index contributed by atoms with van der Waals surface area (Å²) in [7, 11) is 1.78. The monoisotopic (exact) mass is 471 g/mol. The fraction of sp³-hybridized carbons (Fsp3) is 0.304. The van der Waals surface area contributed by atoms with E-state index in [1.54, 1.807) is 23.7 Å². The molecule has 0 atom stereocenters. The van der Waals surface area contributed by atoms with E-state index in [1.165, 1.54) is 11.8 Å². The van der Waals surface area contributed by atoms with Crippen LogP contribution < -0.4 is 10.6 Å². The van der Waals surface area contributed by atoms with Gasteiger partial charge in [-0.25, -0.2) is 0 Å². The average molecular weight is 472 g/mol. The summed E-state index contributed by atoms with van der Waals surface area (Å²) in [6.07, 6.45) is 0.0590. The Labute approximate surface area is 197 Å². The molecule has 3 aromatic rings. The first kappa shape index (κ1) is 23.8. The summed E-state index contributed by atoms with van der Waals surface area (Å²) in [5.74, 6) is 0.657. The van der Waals surface area contributed by atoms with Crippen LogP contribution >= 0.6 is 23.4 Å². The largest absolute Gasteiger partial charge is 0.326 e. The molecule has 2 amide bonds. The number of amides is 2. The molecule has 0 fully saturated rings. The lowest BCUT2D eigenvalue weighted by Crippen LogP contribution is -2.17. The van der Waals surface area contributed by atoms with Crippen molar-refractivity contribution < 1.29 is 9.59 Å². The standard InChI is InChI=1S/C23H26ClN5O2S/c1-14(2)17-7-5-6-8-19(17)26-22(31)13-32-23-28-27-20(29(23)4)12-21(30)25-16-10-9-15(3)18(24)11-16/h5-11,14H,12-13H2,1-4H3,(H,25,30)(H,26,31). The molecule has 0 saturated heterocycles.